The van der Waals surface area contributed by atoms with Gasteiger partial charge in [0.2, 0.25) is 0 Å². The fourth-order valence-electron chi connectivity index (χ4n) is 2.64. The molecule has 0 saturated heterocycles. The van der Waals surface area contributed by atoms with Crippen molar-refractivity contribution in [1.29, 1.82) is 0 Å². The number of pyridine rings is 1. The molecule has 31 heavy (non-hydrogen) atoms. The molecule has 3 rings (SSSR count). The lowest BCUT2D eigenvalue weighted by Gasteiger charge is -2.25. The fourth-order valence-corrected chi connectivity index (χ4v) is 4.00. The molecule has 0 radical (unpaired) electrons. The van der Waals surface area contributed by atoms with E-state index in [2.05, 4.69) is 36.5 Å². The first kappa shape index (κ1) is 23.7. The molecule has 0 saturated carbocycles. The highest BCUT2D eigenvalue weighted by Gasteiger charge is 2.46. The van der Waals surface area contributed by atoms with Crippen LogP contribution in [0.4, 0.5) is 19.3 Å². The number of furan rings is 1. The third-order valence-corrected chi connectivity index (χ3v) is 5.76. The van der Waals surface area contributed by atoms with Crippen LogP contribution in [-0.2, 0) is 17.2 Å². The maximum atomic E-state index is 15.2. The minimum Gasteiger partial charge on any atom is -0.449 e. The first-order valence-electron chi connectivity index (χ1n) is 9.17. The summed E-state index contributed by atoms with van der Waals surface area (Å²) in [5.74, 6) is -4.26. The Bertz CT molecular complexity index is 1090. The number of nitrogens with zero attached hydrogens (tertiary/aromatic N) is 2. The molecule has 3 aromatic rings. The largest absolute Gasteiger partial charge is 0.449 e. The molecule has 0 aliphatic carbocycles. The molecule has 0 spiro atoms. The Hall–Kier alpha value is -1.98. The lowest BCUT2D eigenvalue weighted by Crippen LogP contribution is -2.45. The Morgan fingerprint density at radius 3 is 2.74 bits per heavy atom. The van der Waals surface area contributed by atoms with E-state index in [0.717, 1.165) is 11.9 Å². The van der Waals surface area contributed by atoms with Crippen LogP contribution in [0, 0.1) is 0 Å². The van der Waals surface area contributed by atoms with E-state index in [9.17, 15) is 4.79 Å². The third kappa shape index (κ3) is 5.45. The predicted octanol–water partition coefficient (Wildman–Crippen LogP) is 6.32. The van der Waals surface area contributed by atoms with Crippen LogP contribution in [0.15, 0.2) is 26.5 Å². The lowest BCUT2D eigenvalue weighted by molar-refractivity contribution is -0.0581. The highest BCUT2D eigenvalue weighted by molar-refractivity contribution is 9.10. The van der Waals surface area contributed by atoms with Crippen molar-refractivity contribution in [2.24, 2.45) is 0 Å². The second kappa shape index (κ2) is 8.87. The first-order valence-corrected chi connectivity index (χ1v) is 11.2. The monoisotopic (exact) mass is 536 g/mol. The van der Waals surface area contributed by atoms with Crippen LogP contribution >= 0.6 is 38.9 Å². The van der Waals surface area contributed by atoms with Crippen molar-refractivity contribution in [2.75, 3.05) is 5.32 Å². The lowest BCUT2D eigenvalue weighted by atomic mass is 10.1. The number of rotatable bonds is 6. The van der Waals surface area contributed by atoms with Crippen molar-refractivity contribution in [2.45, 2.75) is 51.8 Å². The summed E-state index contributed by atoms with van der Waals surface area (Å²) in [6.45, 7) is 6.43. The second-order valence-electron chi connectivity index (χ2n) is 7.69. The summed E-state index contributed by atoms with van der Waals surface area (Å²) in [6.07, 6.45) is 0.705. The third-order valence-electron chi connectivity index (χ3n) is 4.05. The number of amides is 1. The van der Waals surface area contributed by atoms with Crippen molar-refractivity contribution in [1.82, 2.24) is 15.3 Å². The zero-order chi connectivity index (χ0) is 23.0. The Kier molecular flexibility index (Phi) is 6.78. The molecule has 2 N–H and O–H groups in total. The number of aromatic nitrogens is 2. The molecule has 0 aromatic carbocycles. The van der Waals surface area contributed by atoms with Gasteiger partial charge in [0.1, 0.15) is 27.3 Å². The van der Waals surface area contributed by atoms with Gasteiger partial charge in [-0.1, -0.05) is 11.6 Å². The van der Waals surface area contributed by atoms with Gasteiger partial charge in [-0.15, -0.1) is 11.3 Å². The molecule has 3 heterocycles. The number of nitrogens with one attached hydrogen (secondary N) is 2. The van der Waals surface area contributed by atoms with Crippen LogP contribution in [0.1, 0.15) is 38.5 Å². The van der Waals surface area contributed by atoms with Crippen LogP contribution < -0.4 is 10.6 Å². The molecular formula is C19H20BrClF2N4O3S. The smallest absolute Gasteiger partial charge is 0.408 e. The minimum atomic E-state index is -3.57. The SMILES string of the molecule is CC(NC(=O)OC(C)(C)C)C(F)(F)c1oc2c(NCc3nccs3)cc(Cl)nc2c1Br. The maximum absolute atomic E-state index is 15.2. The normalized spacial score (nSPS) is 13.3. The molecule has 7 nitrogen and oxygen atoms in total. The van der Waals surface area contributed by atoms with E-state index in [1.165, 1.54) is 17.4 Å². The summed E-state index contributed by atoms with van der Waals surface area (Å²) in [5.41, 5.74) is -0.196. The Morgan fingerprint density at radius 2 is 2.13 bits per heavy atom. The van der Waals surface area contributed by atoms with Crippen LogP contribution in [-0.4, -0.2) is 27.7 Å². The molecule has 3 aromatic heterocycles. The average molecular weight is 538 g/mol. The van der Waals surface area contributed by atoms with Gasteiger partial charge in [-0.3, -0.25) is 0 Å². The van der Waals surface area contributed by atoms with Crippen LogP contribution in [0.25, 0.3) is 11.1 Å². The number of hydrogen-bond acceptors (Lipinski definition) is 7. The highest BCUT2D eigenvalue weighted by atomic mass is 79.9. The molecule has 1 atom stereocenters. The first-order chi connectivity index (χ1) is 14.4. The molecule has 168 valence electrons. The number of anilines is 1. The van der Waals surface area contributed by atoms with Crippen molar-refractivity contribution in [3.8, 4) is 0 Å². The maximum Gasteiger partial charge on any atom is 0.408 e. The van der Waals surface area contributed by atoms with E-state index in [-0.39, 0.29) is 20.7 Å². The van der Waals surface area contributed by atoms with Crippen molar-refractivity contribution in [3.63, 3.8) is 0 Å². The molecule has 1 amide bonds. The van der Waals surface area contributed by atoms with Gasteiger partial charge in [-0.05, 0) is 43.6 Å². The van der Waals surface area contributed by atoms with Crippen molar-refractivity contribution < 1.29 is 22.7 Å². The summed E-state index contributed by atoms with van der Waals surface area (Å²) in [5, 5.41) is 7.97. The average Bonchev–Trinajstić information content (AvgIpc) is 3.26. The Morgan fingerprint density at radius 1 is 1.42 bits per heavy atom. The number of carbonyl (C=O) groups is 1. The number of ether oxygens (including phenoxy) is 1. The summed E-state index contributed by atoms with van der Waals surface area (Å²) in [4.78, 5) is 20.2. The number of alkyl carbamates (subject to hydrolysis) is 1. The van der Waals surface area contributed by atoms with Gasteiger partial charge in [0.15, 0.2) is 11.3 Å². The van der Waals surface area contributed by atoms with E-state index < -0.39 is 29.4 Å². The summed E-state index contributed by atoms with van der Waals surface area (Å²) >= 11 is 10.7. The fraction of sp³-hybridized carbons (Fsp3) is 0.421. The Labute approximate surface area is 194 Å². The van der Waals surface area contributed by atoms with Gasteiger partial charge in [0.25, 0.3) is 0 Å². The zero-order valence-electron chi connectivity index (χ0n) is 17.1. The quantitative estimate of drug-likeness (QED) is 0.358. The number of halogens is 4. The molecule has 0 aliphatic rings. The van der Waals surface area contributed by atoms with Gasteiger partial charge in [0.05, 0.1) is 16.7 Å². The van der Waals surface area contributed by atoms with E-state index in [1.54, 1.807) is 27.0 Å². The number of carbonyl (C=O) groups excluding carboxylic acids is 1. The molecule has 0 fully saturated rings. The van der Waals surface area contributed by atoms with Gasteiger partial charge < -0.3 is 19.8 Å². The molecule has 12 heteroatoms. The van der Waals surface area contributed by atoms with E-state index in [1.807, 2.05) is 5.38 Å². The summed E-state index contributed by atoms with van der Waals surface area (Å²) in [6, 6.07) is -0.140. The number of alkyl halides is 2. The minimum absolute atomic E-state index is 0.0508. The highest BCUT2D eigenvalue weighted by Crippen LogP contribution is 2.44. The standard InChI is InChI=1S/C19H20BrClF2N4O3S/c1-9(26-17(28)30-18(2,3)4)19(22,23)16-13(20)14-15(29-16)10(7-11(21)27-14)25-8-12-24-5-6-31-12/h5-7,9H,8H2,1-4H3,(H,25,27)(H,26,28). The number of thiazole rings is 1. The van der Waals surface area contributed by atoms with Crippen molar-refractivity contribution >= 4 is 61.7 Å². The predicted molar refractivity (Wildman–Crippen MR) is 119 cm³/mol. The van der Waals surface area contributed by atoms with Gasteiger partial charge in [-0.25, -0.2) is 14.8 Å². The van der Waals surface area contributed by atoms with Crippen LogP contribution in [0.3, 0.4) is 0 Å². The van der Waals surface area contributed by atoms with Crippen molar-refractivity contribution in [3.05, 3.63) is 38.0 Å². The second-order valence-corrected chi connectivity index (χ2v) is 9.85. The van der Waals surface area contributed by atoms with E-state index in [0.29, 0.717) is 12.2 Å². The van der Waals surface area contributed by atoms with E-state index in [4.69, 9.17) is 20.8 Å². The summed E-state index contributed by atoms with van der Waals surface area (Å²) in [7, 11) is 0. The molecule has 0 bridgehead atoms. The van der Waals surface area contributed by atoms with Crippen LogP contribution in [0.2, 0.25) is 5.15 Å². The zero-order valence-corrected chi connectivity index (χ0v) is 20.2. The molecule has 1 unspecified atom stereocenters. The molecule has 0 aliphatic heterocycles. The number of hydrogen-bond donors (Lipinski definition) is 2. The Balaban J connectivity index is 1.91. The topological polar surface area (TPSA) is 89.3 Å². The summed E-state index contributed by atoms with van der Waals surface area (Å²) < 4.78 is 40.9. The number of fused-ring (bicyclic) bond motifs is 1. The molecular weight excluding hydrogens is 518 g/mol. The van der Waals surface area contributed by atoms with E-state index >= 15 is 8.78 Å². The van der Waals surface area contributed by atoms with Gasteiger partial charge in [0, 0.05) is 17.6 Å². The van der Waals surface area contributed by atoms with Gasteiger partial charge in [-0.2, -0.15) is 8.78 Å². The van der Waals surface area contributed by atoms with Gasteiger partial charge >= 0.3 is 12.0 Å². The van der Waals surface area contributed by atoms with Crippen LogP contribution in [0.5, 0.6) is 0 Å².